The molecule has 0 heterocycles. The first-order chi connectivity index (χ1) is 13.5. The Kier molecular flexibility index (Phi) is 8.23. The lowest BCUT2D eigenvalue weighted by molar-refractivity contribution is -0.139. The number of carboxylic acids is 2. The van der Waals surface area contributed by atoms with Crippen LogP contribution in [0.4, 0.5) is 4.79 Å². The van der Waals surface area contributed by atoms with Gasteiger partial charge in [-0.3, -0.25) is 4.79 Å². The molecule has 0 aliphatic carbocycles. The lowest BCUT2D eigenvalue weighted by Crippen LogP contribution is -2.47. The van der Waals surface area contributed by atoms with Gasteiger partial charge in [-0.2, -0.15) is 0 Å². The summed E-state index contributed by atoms with van der Waals surface area (Å²) in [6, 6.07) is 12.5. The Labute approximate surface area is 162 Å². The SMILES string of the molecule is O=C(O)CNC(=O)N[C@@H](CCCCNCc1cccc2ccccc12)C(=O)O. The summed E-state index contributed by atoms with van der Waals surface area (Å²) >= 11 is 0. The number of hydrogen-bond donors (Lipinski definition) is 5. The van der Waals surface area contributed by atoms with E-state index in [1.54, 1.807) is 0 Å². The van der Waals surface area contributed by atoms with Gasteiger partial charge in [-0.1, -0.05) is 42.5 Å². The maximum atomic E-state index is 11.5. The van der Waals surface area contributed by atoms with Gasteiger partial charge in [0.15, 0.2) is 0 Å². The van der Waals surface area contributed by atoms with E-state index in [1.807, 2.05) is 18.2 Å². The van der Waals surface area contributed by atoms with Crippen molar-refractivity contribution in [1.29, 1.82) is 0 Å². The fraction of sp³-hybridized carbons (Fsp3) is 0.350. The minimum atomic E-state index is -1.20. The van der Waals surface area contributed by atoms with Gasteiger partial charge in [0.1, 0.15) is 12.6 Å². The van der Waals surface area contributed by atoms with Gasteiger partial charge in [0.05, 0.1) is 0 Å². The lowest BCUT2D eigenvalue weighted by Gasteiger charge is -2.14. The molecule has 2 aromatic carbocycles. The minimum absolute atomic E-state index is 0.270. The topological polar surface area (TPSA) is 128 Å². The molecule has 2 rings (SSSR count). The number of amides is 2. The number of benzene rings is 2. The molecule has 0 aromatic heterocycles. The molecule has 150 valence electrons. The van der Waals surface area contributed by atoms with Crippen LogP contribution in [0.3, 0.4) is 0 Å². The quantitative estimate of drug-likeness (QED) is 0.375. The van der Waals surface area contributed by atoms with Gasteiger partial charge in [-0.05, 0) is 42.1 Å². The molecule has 0 aliphatic heterocycles. The van der Waals surface area contributed by atoms with Crippen molar-refractivity contribution < 1.29 is 24.6 Å². The number of aliphatic carboxylic acids is 2. The largest absolute Gasteiger partial charge is 0.480 e. The molecule has 0 unspecified atom stereocenters. The van der Waals surface area contributed by atoms with Gasteiger partial charge in [0.2, 0.25) is 0 Å². The summed E-state index contributed by atoms with van der Waals surface area (Å²) in [7, 11) is 0. The molecule has 1 atom stereocenters. The molecule has 0 aliphatic rings. The highest BCUT2D eigenvalue weighted by Gasteiger charge is 2.19. The molecule has 28 heavy (non-hydrogen) atoms. The average molecular weight is 387 g/mol. The second-order valence-corrected chi connectivity index (χ2v) is 6.42. The third-order valence-corrected chi connectivity index (χ3v) is 4.30. The molecule has 5 N–H and O–H groups in total. The van der Waals surface area contributed by atoms with Crippen LogP contribution in [0.15, 0.2) is 42.5 Å². The number of hydrogen-bond acceptors (Lipinski definition) is 4. The number of nitrogens with one attached hydrogen (secondary N) is 3. The van der Waals surface area contributed by atoms with E-state index in [1.165, 1.54) is 16.3 Å². The van der Waals surface area contributed by atoms with E-state index in [-0.39, 0.29) is 6.42 Å². The number of urea groups is 1. The lowest BCUT2D eigenvalue weighted by atomic mass is 10.0. The van der Waals surface area contributed by atoms with Crippen LogP contribution in [0.2, 0.25) is 0 Å². The van der Waals surface area contributed by atoms with Gasteiger partial charge in [0, 0.05) is 6.54 Å². The van der Waals surface area contributed by atoms with Crippen LogP contribution >= 0.6 is 0 Å². The average Bonchev–Trinajstić information content (AvgIpc) is 2.68. The Bertz CT molecular complexity index is 819. The highest BCUT2D eigenvalue weighted by atomic mass is 16.4. The third kappa shape index (κ3) is 6.88. The molecule has 0 saturated heterocycles. The van der Waals surface area contributed by atoms with Crippen LogP contribution in [0, 0.1) is 0 Å². The fourth-order valence-electron chi connectivity index (χ4n) is 2.89. The van der Waals surface area contributed by atoms with Gasteiger partial charge in [-0.25, -0.2) is 9.59 Å². The molecule has 8 heteroatoms. The van der Waals surface area contributed by atoms with Gasteiger partial charge < -0.3 is 26.2 Å². The highest BCUT2D eigenvalue weighted by Crippen LogP contribution is 2.18. The van der Waals surface area contributed by atoms with E-state index in [9.17, 15) is 19.5 Å². The number of fused-ring (bicyclic) bond motifs is 1. The first-order valence-corrected chi connectivity index (χ1v) is 9.13. The van der Waals surface area contributed by atoms with Gasteiger partial charge >= 0.3 is 18.0 Å². The van der Waals surface area contributed by atoms with E-state index in [0.717, 1.165) is 19.5 Å². The first-order valence-electron chi connectivity index (χ1n) is 9.13. The zero-order chi connectivity index (χ0) is 20.4. The van der Waals surface area contributed by atoms with Crippen LogP contribution in [-0.4, -0.2) is 47.3 Å². The van der Waals surface area contributed by atoms with E-state index >= 15 is 0 Å². The van der Waals surface area contributed by atoms with Crippen molar-refractivity contribution in [1.82, 2.24) is 16.0 Å². The van der Waals surface area contributed by atoms with E-state index in [2.05, 4.69) is 40.2 Å². The molecular weight excluding hydrogens is 362 g/mol. The van der Waals surface area contributed by atoms with Crippen molar-refractivity contribution in [3.05, 3.63) is 48.0 Å². The van der Waals surface area contributed by atoms with Gasteiger partial charge in [-0.15, -0.1) is 0 Å². The summed E-state index contributed by atoms with van der Waals surface area (Å²) in [6.45, 7) is 0.886. The van der Waals surface area contributed by atoms with Crippen LogP contribution in [0.25, 0.3) is 10.8 Å². The number of unbranched alkanes of at least 4 members (excludes halogenated alkanes) is 1. The number of carbonyl (C=O) groups excluding carboxylic acids is 1. The predicted octanol–water partition coefficient (Wildman–Crippen LogP) is 1.94. The molecular formula is C20H25N3O5. The molecule has 0 fully saturated rings. The summed E-state index contributed by atoms with van der Waals surface area (Å²) in [4.78, 5) is 33.1. The minimum Gasteiger partial charge on any atom is -0.480 e. The molecule has 0 bridgehead atoms. The van der Waals surface area contributed by atoms with Crippen LogP contribution in [0.1, 0.15) is 24.8 Å². The van der Waals surface area contributed by atoms with Crippen molar-refractivity contribution in [2.24, 2.45) is 0 Å². The Morgan fingerprint density at radius 3 is 2.46 bits per heavy atom. The molecule has 0 radical (unpaired) electrons. The Morgan fingerprint density at radius 2 is 1.71 bits per heavy atom. The summed E-state index contributed by atoms with van der Waals surface area (Å²) in [5.41, 5.74) is 1.21. The smallest absolute Gasteiger partial charge is 0.326 e. The summed E-state index contributed by atoms with van der Waals surface area (Å²) in [5.74, 6) is -2.34. The molecule has 2 amide bonds. The van der Waals surface area contributed by atoms with E-state index < -0.39 is 30.6 Å². The Hall–Kier alpha value is -3.13. The van der Waals surface area contributed by atoms with Crippen LogP contribution in [-0.2, 0) is 16.1 Å². The van der Waals surface area contributed by atoms with Crippen molar-refractivity contribution in [3.63, 3.8) is 0 Å². The second kappa shape index (κ2) is 10.9. The van der Waals surface area contributed by atoms with Crippen LogP contribution in [0.5, 0.6) is 0 Å². The predicted molar refractivity (Wildman–Crippen MR) is 105 cm³/mol. The summed E-state index contributed by atoms with van der Waals surface area (Å²) in [6.07, 6.45) is 1.64. The molecule has 2 aromatic rings. The van der Waals surface area contributed by atoms with Crippen molar-refractivity contribution in [3.8, 4) is 0 Å². The van der Waals surface area contributed by atoms with Crippen molar-refractivity contribution >= 4 is 28.7 Å². The molecule has 0 saturated carbocycles. The summed E-state index contributed by atoms with van der Waals surface area (Å²) in [5, 5.41) is 27.8. The van der Waals surface area contributed by atoms with Crippen molar-refractivity contribution in [2.75, 3.05) is 13.1 Å². The maximum absolute atomic E-state index is 11.5. The molecule has 8 nitrogen and oxygen atoms in total. The second-order valence-electron chi connectivity index (χ2n) is 6.42. The maximum Gasteiger partial charge on any atom is 0.326 e. The van der Waals surface area contributed by atoms with Crippen LogP contribution < -0.4 is 16.0 Å². The number of rotatable bonds is 11. The number of carboxylic acid groups (broad SMARTS) is 2. The van der Waals surface area contributed by atoms with E-state index in [0.29, 0.717) is 6.42 Å². The zero-order valence-electron chi connectivity index (χ0n) is 15.5. The van der Waals surface area contributed by atoms with E-state index in [4.69, 9.17) is 5.11 Å². The number of carbonyl (C=O) groups is 3. The standard InChI is InChI=1S/C20H25N3O5/c24-18(25)13-22-20(28)23-17(19(26)27)10-3-4-11-21-12-15-8-5-7-14-6-1-2-9-16(14)15/h1-2,5-9,17,21H,3-4,10-13H2,(H,24,25)(H,26,27)(H2,22,23,28)/t17-/m0/s1. The highest BCUT2D eigenvalue weighted by molar-refractivity contribution is 5.86. The fourth-order valence-corrected chi connectivity index (χ4v) is 2.89. The third-order valence-electron chi connectivity index (χ3n) is 4.30. The first kappa shape index (κ1) is 21.2. The summed E-state index contributed by atoms with van der Waals surface area (Å²) < 4.78 is 0. The normalized spacial score (nSPS) is 11.7. The molecule has 0 spiro atoms. The monoisotopic (exact) mass is 387 g/mol. The van der Waals surface area contributed by atoms with Crippen molar-refractivity contribution in [2.45, 2.75) is 31.8 Å². The zero-order valence-corrected chi connectivity index (χ0v) is 15.5. The Balaban J connectivity index is 1.69. The Morgan fingerprint density at radius 1 is 0.964 bits per heavy atom. The van der Waals surface area contributed by atoms with Gasteiger partial charge in [0.25, 0.3) is 0 Å².